The first-order chi connectivity index (χ1) is 19.5. The summed E-state index contributed by atoms with van der Waals surface area (Å²) in [5.74, 6) is 1.57. The molecule has 0 radical (unpaired) electrons. The lowest BCUT2D eigenvalue weighted by molar-refractivity contribution is -0.143. The largest absolute Gasteiger partial charge is 0.497 e. The molecule has 0 bridgehead atoms. The van der Waals surface area contributed by atoms with Crippen LogP contribution in [0.15, 0.2) is 72.9 Å². The van der Waals surface area contributed by atoms with Gasteiger partial charge in [-0.1, -0.05) is 75.1 Å². The molecule has 3 aromatic rings. The lowest BCUT2D eigenvalue weighted by Crippen LogP contribution is -2.46. The molecule has 1 unspecified atom stereocenters. The molecule has 0 spiro atoms. The van der Waals surface area contributed by atoms with Gasteiger partial charge in [-0.05, 0) is 61.1 Å². The zero-order chi connectivity index (χ0) is 28.3. The highest BCUT2D eigenvalue weighted by atomic mass is 16.5. The van der Waals surface area contributed by atoms with Gasteiger partial charge < -0.3 is 19.1 Å². The normalized spacial score (nSPS) is 14.2. The van der Waals surface area contributed by atoms with Gasteiger partial charge in [0.25, 0.3) is 0 Å². The summed E-state index contributed by atoms with van der Waals surface area (Å²) in [6.45, 7) is 5.90. The molecule has 1 saturated carbocycles. The Hall–Kier alpha value is -3.54. The minimum atomic E-state index is -0.0208. The first-order valence-corrected chi connectivity index (χ1v) is 14.8. The van der Waals surface area contributed by atoms with Crippen molar-refractivity contribution in [1.29, 1.82) is 0 Å². The van der Waals surface area contributed by atoms with E-state index in [4.69, 9.17) is 4.74 Å². The molecule has 1 heterocycles. The zero-order valence-corrected chi connectivity index (χ0v) is 24.4. The molecule has 2 aromatic carbocycles. The Balaban J connectivity index is 1.50. The maximum Gasteiger partial charge on any atom is 0.242 e. The van der Waals surface area contributed by atoms with E-state index in [-0.39, 0.29) is 24.4 Å². The van der Waals surface area contributed by atoms with E-state index in [0.717, 1.165) is 35.4 Å². The van der Waals surface area contributed by atoms with Gasteiger partial charge in [0.15, 0.2) is 0 Å². The van der Waals surface area contributed by atoms with E-state index in [1.54, 1.807) is 7.11 Å². The van der Waals surface area contributed by atoms with Crippen LogP contribution >= 0.6 is 0 Å². The summed E-state index contributed by atoms with van der Waals surface area (Å²) < 4.78 is 7.58. The molecule has 1 aliphatic carbocycles. The lowest BCUT2D eigenvalue weighted by Gasteiger charge is -2.32. The number of methoxy groups -OCH3 is 1. The third-order valence-electron chi connectivity index (χ3n) is 8.32. The Morgan fingerprint density at radius 2 is 1.70 bits per heavy atom. The molecule has 40 heavy (non-hydrogen) atoms. The van der Waals surface area contributed by atoms with E-state index in [1.165, 1.54) is 25.7 Å². The molecule has 6 nitrogen and oxygen atoms in total. The third kappa shape index (κ3) is 8.23. The van der Waals surface area contributed by atoms with Gasteiger partial charge in [-0.2, -0.15) is 0 Å². The molecule has 4 rings (SSSR count). The SMILES string of the molecule is CCC(C)N(CC(=O)N(Cc1ccccc1)Cc1cccn1Cc1cccc(OC)c1)C(=O)CCC1CCCC1. The maximum atomic E-state index is 13.9. The molecule has 0 aliphatic heterocycles. The predicted molar refractivity (Wildman–Crippen MR) is 160 cm³/mol. The Morgan fingerprint density at radius 3 is 2.42 bits per heavy atom. The molecule has 1 aromatic heterocycles. The molecule has 1 atom stereocenters. The molecule has 6 heteroatoms. The summed E-state index contributed by atoms with van der Waals surface area (Å²) in [6, 6.07) is 22.3. The van der Waals surface area contributed by atoms with Crippen LogP contribution in [-0.4, -0.2) is 45.9 Å². The summed E-state index contributed by atoms with van der Waals surface area (Å²) in [7, 11) is 1.68. The summed E-state index contributed by atoms with van der Waals surface area (Å²) in [5, 5.41) is 0. The van der Waals surface area contributed by atoms with Crippen molar-refractivity contribution in [2.45, 2.75) is 84.5 Å². The second-order valence-electron chi connectivity index (χ2n) is 11.2. The van der Waals surface area contributed by atoms with Crippen LogP contribution in [0.5, 0.6) is 5.75 Å². The second-order valence-corrected chi connectivity index (χ2v) is 11.2. The Bertz CT molecular complexity index is 1220. The van der Waals surface area contributed by atoms with Crippen LogP contribution in [0, 0.1) is 5.92 Å². The molecular formula is C34H45N3O3. The first kappa shape index (κ1) is 29.4. The average molecular weight is 544 g/mol. The van der Waals surface area contributed by atoms with E-state index in [0.29, 0.717) is 32.0 Å². The monoisotopic (exact) mass is 543 g/mol. The van der Waals surface area contributed by atoms with Crippen LogP contribution < -0.4 is 4.74 Å². The van der Waals surface area contributed by atoms with Crippen molar-refractivity contribution >= 4 is 11.8 Å². The van der Waals surface area contributed by atoms with Gasteiger partial charge in [-0.25, -0.2) is 0 Å². The summed E-state index contributed by atoms with van der Waals surface area (Å²) in [5.41, 5.74) is 3.26. The van der Waals surface area contributed by atoms with Crippen molar-refractivity contribution < 1.29 is 14.3 Å². The van der Waals surface area contributed by atoms with Crippen molar-refractivity contribution in [3.8, 4) is 5.75 Å². The van der Waals surface area contributed by atoms with E-state index < -0.39 is 0 Å². The molecule has 1 fully saturated rings. The summed E-state index contributed by atoms with van der Waals surface area (Å²) >= 11 is 0. The van der Waals surface area contributed by atoms with Crippen LogP contribution in [0.1, 0.15) is 75.6 Å². The van der Waals surface area contributed by atoms with Gasteiger partial charge in [0.2, 0.25) is 11.8 Å². The minimum Gasteiger partial charge on any atom is -0.497 e. The summed E-state index contributed by atoms with van der Waals surface area (Å²) in [4.78, 5) is 31.0. The quantitative estimate of drug-likeness (QED) is 0.228. The lowest BCUT2D eigenvalue weighted by atomic mass is 10.0. The van der Waals surface area contributed by atoms with Gasteiger partial charge in [-0.15, -0.1) is 0 Å². The second kappa shape index (κ2) is 14.7. The predicted octanol–water partition coefficient (Wildman–Crippen LogP) is 6.67. The molecule has 0 saturated heterocycles. The van der Waals surface area contributed by atoms with Crippen LogP contribution in [0.3, 0.4) is 0 Å². The summed E-state index contributed by atoms with van der Waals surface area (Å²) in [6.07, 6.45) is 9.37. The van der Waals surface area contributed by atoms with E-state index in [1.807, 2.05) is 52.3 Å². The molecule has 2 amide bonds. The fourth-order valence-corrected chi connectivity index (χ4v) is 5.67. The van der Waals surface area contributed by atoms with Crippen LogP contribution in [-0.2, 0) is 29.2 Å². The van der Waals surface area contributed by atoms with Gasteiger partial charge >= 0.3 is 0 Å². The molecular weight excluding hydrogens is 498 g/mol. The highest BCUT2D eigenvalue weighted by Gasteiger charge is 2.26. The fourth-order valence-electron chi connectivity index (χ4n) is 5.67. The number of hydrogen-bond donors (Lipinski definition) is 0. The number of benzene rings is 2. The molecule has 214 valence electrons. The first-order valence-electron chi connectivity index (χ1n) is 14.8. The molecule has 1 aliphatic rings. The van der Waals surface area contributed by atoms with E-state index >= 15 is 0 Å². The molecule has 0 N–H and O–H groups in total. The van der Waals surface area contributed by atoms with Gasteiger partial charge in [-0.3, -0.25) is 9.59 Å². The fraction of sp³-hybridized carbons (Fsp3) is 0.471. The van der Waals surface area contributed by atoms with Crippen LogP contribution in [0.4, 0.5) is 0 Å². The Kier molecular flexibility index (Phi) is 10.8. The zero-order valence-electron chi connectivity index (χ0n) is 24.4. The number of carbonyl (C=O) groups is 2. The average Bonchev–Trinajstić information content (AvgIpc) is 3.66. The van der Waals surface area contributed by atoms with Gasteiger partial charge in [0.1, 0.15) is 12.3 Å². The maximum absolute atomic E-state index is 13.9. The highest BCUT2D eigenvalue weighted by molar-refractivity contribution is 5.85. The number of ether oxygens (including phenoxy) is 1. The topological polar surface area (TPSA) is 54.8 Å². The van der Waals surface area contributed by atoms with Crippen LogP contribution in [0.2, 0.25) is 0 Å². The Labute approximate surface area is 239 Å². The standard InChI is InChI=1S/C34H45N3O3/c1-4-27(2)37(33(38)20-19-28-12-8-9-13-28)26-34(39)36(23-29-14-6-5-7-15-29)25-31-17-11-21-35(31)24-30-16-10-18-32(22-30)40-3/h5-7,10-11,14-18,21-22,27-28H,4,8-9,12-13,19-20,23-26H2,1-3H3. The number of rotatable bonds is 14. The number of nitrogens with zero attached hydrogens (tertiary/aromatic N) is 3. The van der Waals surface area contributed by atoms with E-state index in [2.05, 4.69) is 48.9 Å². The van der Waals surface area contributed by atoms with Crippen molar-refractivity contribution in [2.24, 2.45) is 5.92 Å². The van der Waals surface area contributed by atoms with Crippen molar-refractivity contribution in [3.63, 3.8) is 0 Å². The minimum absolute atomic E-state index is 0.0208. The smallest absolute Gasteiger partial charge is 0.242 e. The van der Waals surface area contributed by atoms with Crippen molar-refractivity contribution in [1.82, 2.24) is 14.4 Å². The van der Waals surface area contributed by atoms with Gasteiger partial charge in [0, 0.05) is 37.4 Å². The number of aromatic nitrogens is 1. The number of amides is 2. The number of carbonyl (C=O) groups excluding carboxylic acids is 2. The van der Waals surface area contributed by atoms with Crippen LogP contribution in [0.25, 0.3) is 0 Å². The number of hydrogen-bond acceptors (Lipinski definition) is 3. The third-order valence-corrected chi connectivity index (χ3v) is 8.32. The van der Waals surface area contributed by atoms with Crippen molar-refractivity contribution in [3.05, 3.63) is 89.7 Å². The van der Waals surface area contributed by atoms with Crippen molar-refractivity contribution in [2.75, 3.05) is 13.7 Å². The van der Waals surface area contributed by atoms with E-state index in [9.17, 15) is 9.59 Å². The Morgan fingerprint density at radius 1 is 0.950 bits per heavy atom. The van der Waals surface area contributed by atoms with Gasteiger partial charge in [0.05, 0.1) is 13.7 Å². The highest BCUT2D eigenvalue weighted by Crippen LogP contribution is 2.29.